The van der Waals surface area contributed by atoms with Gasteiger partial charge in [0.25, 0.3) is 11.1 Å². The van der Waals surface area contributed by atoms with Crippen molar-refractivity contribution in [3.05, 3.63) is 88.8 Å². The number of aromatic nitrogens is 1. The molecule has 2 amide bonds. The highest BCUT2D eigenvalue weighted by molar-refractivity contribution is 8.18. The molecule has 1 aliphatic heterocycles. The molecule has 0 N–H and O–H groups in total. The summed E-state index contributed by atoms with van der Waals surface area (Å²) in [5, 5.41) is -0.400. The molecule has 0 aliphatic carbocycles. The Morgan fingerprint density at radius 3 is 2.43 bits per heavy atom. The molecular weight excluding hydrogens is 401 g/mol. The average Bonchev–Trinajstić information content (AvgIpc) is 3.30. The molecule has 5 nitrogen and oxygen atoms in total. The molecule has 0 unspecified atom stereocenters. The van der Waals surface area contributed by atoms with E-state index < -0.39 is 17.0 Å². The monoisotopic (exact) mass is 421 g/mol. The number of hydrogen-bond acceptors (Lipinski definition) is 4. The first-order valence-corrected chi connectivity index (χ1v) is 10.2. The van der Waals surface area contributed by atoms with Gasteiger partial charge in [0, 0.05) is 42.9 Å². The molecule has 7 heteroatoms. The van der Waals surface area contributed by atoms with Crippen molar-refractivity contribution >= 4 is 34.7 Å². The molecule has 2 aromatic carbocycles. The van der Waals surface area contributed by atoms with Crippen LogP contribution in [-0.2, 0) is 11.3 Å². The zero-order valence-electron chi connectivity index (χ0n) is 16.6. The van der Waals surface area contributed by atoms with Crippen molar-refractivity contribution in [3.8, 4) is 5.69 Å². The molecular formula is C23H20FN3O2S. The van der Waals surface area contributed by atoms with Crippen molar-refractivity contribution < 1.29 is 14.0 Å². The maximum absolute atomic E-state index is 13.9. The first-order valence-electron chi connectivity index (χ1n) is 9.38. The predicted octanol–water partition coefficient (Wildman–Crippen LogP) is 4.92. The van der Waals surface area contributed by atoms with Gasteiger partial charge in [0.05, 0.1) is 11.4 Å². The fraction of sp³-hybridized carbons (Fsp3) is 0.130. The Balaban J connectivity index is 1.59. The number of anilines is 1. The van der Waals surface area contributed by atoms with E-state index in [2.05, 4.69) is 0 Å². The van der Waals surface area contributed by atoms with Crippen LogP contribution in [0.2, 0.25) is 0 Å². The summed E-state index contributed by atoms with van der Waals surface area (Å²) in [7, 11) is 3.96. The van der Waals surface area contributed by atoms with Gasteiger partial charge < -0.3 is 9.47 Å². The number of amides is 2. The third-order valence-corrected chi connectivity index (χ3v) is 5.77. The van der Waals surface area contributed by atoms with Crippen molar-refractivity contribution in [3.63, 3.8) is 0 Å². The summed E-state index contributed by atoms with van der Waals surface area (Å²) < 4.78 is 15.9. The number of thioether (sulfide) groups is 1. The molecule has 0 bridgehead atoms. The molecule has 152 valence electrons. The van der Waals surface area contributed by atoms with Gasteiger partial charge in [-0.3, -0.25) is 14.5 Å². The predicted molar refractivity (Wildman–Crippen MR) is 118 cm³/mol. The normalized spacial score (nSPS) is 15.3. The van der Waals surface area contributed by atoms with Crippen molar-refractivity contribution in [1.82, 2.24) is 9.47 Å². The van der Waals surface area contributed by atoms with Crippen molar-refractivity contribution in [2.75, 3.05) is 19.0 Å². The van der Waals surface area contributed by atoms with Gasteiger partial charge in [-0.2, -0.15) is 0 Å². The summed E-state index contributed by atoms with van der Waals surface area (Å²) >= 11 is 0.871. The van der Waals surface area contributed by atoms with Gasteiger partial charge in [0.1, 0.15) is 5.82 Å². The van der Waals surface area contributed by atoms with Crippen LogP contribution >= 0.6 is 11.8 Å². The van der Waals surface area contributed by atoms with Crippen LogP contribution < -0.4 is 4.90 Å². The van der Waals surface area contributed by atoms with E-state index in [1.807, 2.05) is 66.2 Å². The van der Waals surface area contributed by atoms with E-state index in [0.29, 0.717) is 10.5 Å². The summed E-state index contributed by atoms with van der Waals surface area (Å²) in [6, 6.07) is 17.9. The number of benzene rings is 2. The van der Waals surface area contributed by atoms with Crippen LogP contribution in [0.25, 0.3) is 11.8 Å². The van der Waals surface area contributed by atoms with Crippen LogP contribution in [0, 0.1) is 5.82 Å². The molecule has 1 fully saturated rings. The Morgan fingerprint density at radius 2 is 1.73 bits per heavy atom. The van der Waals surface area contributed by atoms with Crippen LogP contribution in [0.3, 0.4) is 0 Å². The Bertz CT molecular complexity index is 1140. The van der Waals surface area contributed by atoms with E-state index in [-0.39, 0.29) is 6.54 Å². The first kappa shape index (κ1) is 20.0. The summed E-state index contributed by atoms with van der Waals surface area (Å²) in [6.07, 6.45) is 3.60. The van der Waals surface area contributed by atoms with Crippen LogP contribution in [0.15, 0.2) is 71.8 Å². The van der Waals surface area contributed by atoms with Gasteiger partial charge in [-0.15, -0.1) is 0 Å². The minimum Gasteiger partial charge on any atom is -0.378 e. The standard InChI is InChI=1S/C23H20FN3O2S/c1-25(2)17-9-11-18(12-10-17)26-13-5-7-19(26)14-21-22(28)27(23(29)30-21)15-16-6-3-4-8-20(16)24/h3-14H,15H2,1-2H3/b21-14-. The van der Waals surface area contributed by atoms with E-state index in [1.165, 1.54) is 6.07 Å². The van der Waals surface area contributed by atoms with Crippen molar-refractivity contribution in [2.45, 2.75) is 6.54 Å². The van der Waals surface area contributed by atoms with E-state index in [4.69, 9.17) is 0 Å². The molecule has 0 spiro atoms. The Labute approximate surface area is 178 Å². The topological polar surface area (TPSA) is 45.6 Å². The lowest BCUT2D eigenvalue weighted by molar-refractivity contribution is -0.123. The van der Waals surface area contributed by atoms with Gasteiger partial charge in [-0.05, 0) is 60.3 Å². The molecule has 1 aromatic heterocycles. The molecule has 3 aromatic rings. The molecule has 1 saturated heterocycles. The molecule has 0 atom stereocenters. The lowest BCUT2D eigenvalue weighted by Crippen LogP contribution is -2.27. The second-order valence-corrected chi connectivity index (χ2v) is 8.07. The van der Waals surface area contributed by atoms with Crippen LogP contribution in [0.4, 0.5) is 14.9 Å². The number of carbonyl (C=O) groups excluding carboxylic acids is 2. The Kier molecular flexibility index (Phi) is 5.46. The molecule has 0 radical (unpaired) electrons. The summed E-state index contributed by atoms with van der Waals surface area (Å²) in [6.45, 7) is -0.0817. The van der Waals surface area contributed by atoms with Gasteiger partial charge >= 0.3 is 0 Å². The quantitative estimate of drug-likeness (QED) is 0.549. The maximum atomic E-state index is 13.9. The van der Waals surface area contributed by atoms with Gasteiger partial charge in [0.2, 0.25) is 0 Å². The Morgan fingerprint density at radius 1 is 1.00 bits per heavy atom. The molecule has 30 heavy (non-hydrogen) atoms. The van der Waals surface area contributed by atoms with Gasteiger partial charge in [-0.1, -0.05) is 18.2 Å². The number of imide groups is 1. The van der Waals surface area contributed by atoms with E-state index in [9.17, 15) is 14.0 Å². The second-order valence-electron chi connectivity index (χ2n) is 7.07. The Hall–Kier alpha value is -3.32. The van der Waals surface area contributed by atoms with Crippen molar-refractivity contribution in [2.24, 2.45) is 0 Å². The van der Waals surface area contributed by atoms with Crippen LogP contribution in [0.5, 0.6) is 0 Å². The zero-order valence-corrected chi connectivity index (χ0v) is 17.4. The minimum absolute atomic E-state index is 0.0817. The number of carbonyl (C=O) groups is 2. The molecule has 1 aliphatic rings. The lowest BCUT2D eigenvalue weighted by Gasteiger charge is -2.14. The van der Waals surface area contributed by atoms with Crippen LogP contribution in [-0.4, -0.2) is 34.7 Å². The highest BCUT2D eigenvalue weighted by Gasteiger charge is 2.35. The number of hydrogen-bond donors (Lipinski definition) is 0. The SMILES string of the molecule is CN(C)c1ccc(-n2cccc2/C=C2\SC(=O)N(Cc3ccccc3F)C2=O)cc1. The highest BCUT2D eigenvalue weighted by Crippen LogP contribution is 2.34. The smallest absolute Gasteiger partial charge is 0.293 e. The number of halogens is 1. The summed E-state index contributed by atoms with van der Waals surface area (Å²) in [5.74, 6) is -0.848. The number of rotatable bonds is 5. The van der Waals surface area contributed by atoms with Gasteiger partial charge in [-0.25, -0.2) is 4.39 Å². The van der Waals surface area contributed by atoms with Crippen molar-refractivity contribution in [1.29, 1.82) is 0 Å². The van der Waals surface area contributed by atoms with E-state index in [1.54, 1.807) is 24.3 Å². The maximum Gasteiger partial charge on any atom is 0.293 e. The first-order chi connectivity index (χ1) is 14.4. The molecule has 4 rings (SSSR count). The highest BCUT2D eigenvalue weighted by atomic mass is 32.2. The lowest BCUT2D eigenvalue weighted by atomic mass is 10.2. The minimum atomic E-state index is -0.435. The average molecular weight is 421 g/mol. The number of nitrogens with zero attached hydrogens (tertiary/aromatic N) is 3. The fourth-order valence-electron chi connectivity index (χ4n) is 3.23. The van der Waals surface area contributed by atoms with E-state index >= 15 is 0 Å². The molecule has 0 saturated carbocycles. The third-order valence-electron chi connectivity index (χ3n) is 4.86. The van der Waals surface area contributed by atoms with E-state index in [0.717, 1.165) is 33.7 Å². The zero-order chi connectivity index (χ0) is 21.3. The fourth-order valence-corrected chi connectivity index (χ4v) is 4.05. The molecule has 2 heterocycles. The van der Waals surface area contributed by atoms with Crippen LogP contribution in [0.1, 0.15) is 11.3 Å². The largest absolute Gasteiger partial charge is 0.378 e. The second kappa shape index (κ2) is 8.20. The summed E-state index contributed by atoms with van der Waals surface area (Å²) in [5.41, 5.74) is 3.12. The van der Waals surface area contributed by atoms with Gasteiger partial charge in [0.15, 0.2) is 0 Å². The summed E-state index contributed by atoms with van der Waals surface area (Å²) in [4.78, 5) is 28.6. The third kappa shape index (κ3) is 3.89.